The van der Waals surface area contributed by atoms with Crippen molar-refractivity contribution in [3.8, 4) is 11.1 Å². The summed E-state index contributed by atoms with van der Waals surface area (Å²) in [5.41, 5.74) is 6.66. The van der Waals surface area contributed by atoms with Crippen molar-refractivity contribution in [3.63, 3.8) is 0 Å². The zero-order valence-electron chi connectivity index (χ0n) is 15.4. The Labute approximate surface area is 228 Å². The number of rotatable bonds is 0. The summed E-state index contributed by atoms with van der Waals surface area (Å²) in [5, 5.41) is 2.63. The number of halogens is 5. The Morgan fingerprint density at radius 3 is 2.34 bits per heavy atom. The van der Waals surface area contributed by atoms with Gasteiger partial charge in [0.2, 0.25) is 0 Å². The van der Waals surface area contributed by atoms with E-state index in [1.165, 1.54) is 43.1 Å². The fourth-order valence-electron chi connectivity index (χ4n) is 3.41. The predicted octanol–water partition coefficient (Wildman–Crippen LogP) is 2.22. The zero-order chi connectivity index (χ0) is 18.3. The predicted molar refractivity (Wildman–Crippen MR) is 121 cm³/mol. The van der Waals surface area contributed by atoms with Crippen LogP contribution < -0.4 is 24.8 Å². The quantitative estimate of drug-likeness (QED) is 0.219. The van der Waals surface area contributed by atoms with Gasteiger partial charge in [-0.2, -0.15) is 24.3 Å². The van der Waals surface area contributed by atoms with E-state index in [2.05, 4.69) is 121 Å². The molecule has 4 aromatic carbocycles. The molecule has 4 aromatic rings. The van der Waals surface area contributed by atoms with E-state index in [1.54, 1.807) is 0 Å². The molecule has 0 N–H and O–H groups in total. The molecular weight excluding hydrogens is 678 g/mol. The van der Waals surface area contributed by atoms with Gasteiger partial charge in [0.05, 0.1) is 0 Å². The summed E-state index contributed by atoms with van der Waals surface area (Å²) in [7, 11) is 0. The van der Waals surface area contributed by atoms with Crippen LogP contribution >= 0.6 is 47.8 Å². The van der Waals surface area contributed by atoms with E-state index >= 15 is 0 Å². The van der Waals surface area contributed by atoms with Gasteiger partial charge in [-0.25, -0.2) is 0 Å². The van der Waals surface area contributed by atoms with Gasteiger partial charge in [-0.1, -0.05) is 76.9 Å². The maximum absolute atomic E-state index is 3.51. The molecule has 5 rings (SSSR count). The van der Waals surface area contributed by atoms with E-state index in [9.17, 15) is 0 Å². The first kappa shape index (κ1) is 27.2. The molecule has 1 aliphatic rings. The van der Waals surface area contributed by atoms with Crippen molar-refractivity contribution in [3.05, 3.63) is 96.8 Å². The number of benzene rings is 3. The minimum atomic E-state index is 0. The van der Waals surface area contributed by atoms with Gasteiger partial charge in [0.15, 0.2) is 0 Å². The Hall–Kier alpha value is 0.173. The van der Waals surface area contributed by atoms with Crippen molar-refractivity contribution in [2.75, 3.05) is 0 Å². The van der Waals surface area contributed by atoms with Gasteiger partial charge >= 0.3 is 26.2 Å². The first-order valence-electron chi connectivity index (χ1n) is 8.32. The summed E-state index contributed by atoms with van der Waals surface area (Å²) >= 11 is 10.5. The Balaban J connectivity index is 0.000000273. The molecule has 0 saturated heterocycles. The van der Waals surface area contributed by atoms with Crippen LogP contribution in [0.3, 0.4) is 0 Å². The molecule has 0 saturated carbocycles. The van der Waals surface area contributed by atoms with Crippen LogP contribution in [0.4, 0.5) is 0 Å². The topological polar surface area (TPSA) is 0 Å². The largest absolute Gasteiger partial charge is 4.00 e. The second-order valence-corrected chi connectivity index (χ2v) is 9.08. The van der Waals surface area contributed by atoms with Crippen LogP contribution in [0.1, 0.15) is 16.7 Å². The van der Waals surface area contributed by atoms with Crippen molar-refractivity contribution >= 4 is 58.6 Å². The van der Waals surface area contributed by atoms with Crippen LogP contribution in [0.5, 0.6) is 0 Å². The molecule has 0 aromatic heterocycles. The van der Waals surface area contributed by atoms with Crippen LogP contribution in [0.15, 0.2) is 74.1 Å². The standard InChI is InChI=1S/C13H7Br2.C10H8Br.2ClH.Zr/c14-10-1-3-12-8(6-10)5-9-7-11(15)2-4-13(9)12;1-7-5-8-3-2-4-10(11)9(8)6-7;;;/h1-4,6H,5H2;2-6H,1H3;2*1H;/q2*-1;;;+4/p-2. The third kappa shape index (κ3) is 6.12. The molecular formula is C23H15Br3Cl2Zr. The molecule has 1 aliphatic carbocycles. The van der Waals surface area contributed by atoms with E-state index in [0.717, 1.165) is 15.4 Å². The fraction of sp³-hybridized carbons (Fsp3) is 0.0870. The second-order valence-electron chi connectivity index (χ2n) is 6.45. The first-order valence-corrected chi connectivity index (χ1v) is 10.7. The average Bonchev–Trinajstić information content (AvgIpc) is 3.14. The zero-order valence-corrected chi connectivity index (χ0v) is 24.1. The Kier molecular flexibility index (Phi) is 11.0. The number of hydrogen-bond acceptors (Lipinski definition) is 0. The maximum Gasteiger partial charge on any atom is 4.00 e. The Morgan fingerprint density at radius 1 is 0.897 bits per heavy atom. The van der Waals surface area contributed by atoms with E-state index in [-0.39, 0.29) is 51.0 Å². The van der Waals surface area contributed by atoms with Crippen LogP contribution in [0.2, 0.25) is 0 Å². The molecule has 0 nitrogen and oxygen atoms in total. The van der Waals surface area contributed by atoms with Crippen LogP contribution in [-0.2, 0) is 32.6 Å². The Bertz CT molecular complexity index is 1070. The van der Waals surface area contributed by atoms with Gasteiger partial charge in [0.25, 0.3) is 0 Å². The van der Waals surface area contributed by atoms with Gasteiger partial charge in [-0.05, 0) is 28.6 Å². The molecule has 0 heterocycles. The molecule has 0 spiro atoms. The number of aryl methyl sites for hydroxylation is 1. The maximum atomic E-state index is 3.51. The summed E-state index contributed by atoms with van der Waals surface area (Å²) in [6, 6.07) is 24.7. The summed E-state index contributed by atoms with van der Waals surface area (Å²) in [4.78, 5) is 0. The second kappa shape index (κ2) is 11.7. The van der Waals surface area contributed by atoms with Crippen LogP contribution in [0, 0.1) is 13.0 Å². The summed E-state index contributed by atoms with van der Waals surface area (Å²) in [5.74, 6) is 0. The van der Waals surface area contributed by atoms with Crippen LogP contribution in [0.25, 0.3) is 21.9 Å². The minimum Gasteiger partial charge on any atom is -1.00 e. The molecule has 6 heteroatoms. The molecule has 0 amide bonds. The molecule has 146 valence electrons. The molecule has 0 atom stereocenters. The van der Waals surface area contributed by atoms with Gasteiger partial charge in [0.1, 0.15) is 0 Å². The van der Waals surface area contributed by atoms with E-state index < -0.39 is 0 Å². The van der Waals surface area contributed by atoms with Gasteiger partial charge < -0.3 is 24.8 Å². The molecule has 0 fully saturated rings. The van der Waals surface area contributed by atoms with Crippen molar-refractivity contribution in [2.24, 2.45) is 0 Å². The van der Waals surface area contributed by atoms with E-state index in [0.29, 0.717) is 0 Å². The number of hydrogen-bond donors (Lipinski definition) is 0. The minimum absolute atomic E-state index is 0. The summed E-state index contributed by atoms with van der Waals surface area (Å²) < 4.78 is 3.37. The van der Waals surface area contributed by atoms with Gasteiger partial charge in [0, 0.05) is 4.47 Å². The third-order valence-corrected chi connectivity index (χ3v) is 6.21. The van der Waals surface area contributed by atoms with E-state index in [4.69, 9.17) is 0 Å². The van der Waals surface area contributed by atoms with Crippen LogP contribution in [-0.4, -0.2) is 0 Å². The normalized spacial score (nSPS) is 10.5. The summed E-state index contributed by atoms with van der Waals surface area (Å²) in [6.45, 7) is 2.12. The first-order chi connectivity index (χ1) is 12.5. The molecule has 0 radical (unpaired) electrons. The summed E-state index contributed by atoms with van der Waals surface area (Å²) in [6.07, 6.45) is 0.990. The van der Waals surface area contributed by atoms with Crippen molar-refractivity contribution in [2.45, 2.75) is 13.3 Å². The van der Waals surface area contributed by atoms with Gasteiger partial charge in [-0.3, -0.25) is 0 Å². The Morgan fingerprint density at radius 2 is 1.62 bits per heavy atom. The average molecular weight is 693 g/mol. The molecule has 29 heavy (non-hydrogen) atoms. The fourth-order valence-corrected chi connectivity index (χ4v) is 4.69. The van der Waals surface area contributed by atoms with Crippen molar-refractivity contribution < 1.29 is 51.0 Å². The molecule has 0 unspecified atom stereocenters. The smallest absolute Gasteiger partial charge is 1.00 e. The molecule has 0 aliphatic heterocycles. The monoisotopic (exact) mass is 688 g/mol. The third-order valence-electron chi connectivity index (χ3n) is 4.56. The van der Waals surface area contributed by atoms with Crippen molar-refractivity contribution in [1.29, 1.82) is 0 Å². The molecule has 0 bridgehead atoms. The van der Waals surface area contributed by atoms with Gasteiger partial charge in [-0.15, -0.1) is 45.7 Å². The SMILES string of the molecule is Brc1[c-]c2c(cc1)-c1ccc(Br)cc1C2.Cc1cc2c(Br)cccc2[cH-]1.[Cl-].[Cl-].[Zr+4]. The van der Waals surface area contributed by atoms with E-state index in [1.807, 2.05) is 0 Å². The van der Waals surface area contributed by atoms with Crippen molar-refractivity contribution in [1.82, 2.24) is 0 Å². The number of fused-ring (bicyclic) bond motifs is 4.